The van der Waals surface area contributed by atoms with Gasteiger partial charge in [0.05, 0.1) is 0 Å². The number of hydrogen-bond acceptors (Lipinski definition) is 2. The van der Waals surface area contributed by atoms with Crippen molar-refractivity contribution in [3.05, 3.63) is 35.9 Å². The maximum Gasteiger partial charge on any atom is 0.407 e. The molecule has 2 aliphatic heterocycles. The van der Waals surface area contributed by atoms with Crippen molar-refractivity contribution in [2.75, 3.05) is 13.1 Å². The Bertz CT molecular complexity index is 460. The van der Waals surface area contributed by atoms with E-state index in [1.165, 1.54) is 6.42 Å². The maximum absolute atomic E-state index is 13.4. The fourth-order valence-corrected chi connectivity index (χ4v) is 3.68. The number of hydrogen-bond donors (Lipinski definition) is 1. The van der Waals surface area contributed by atoms with Gasteiger partial charge in [-0.2, -0.15) is 13.2 Å². The van der Waals surface area contributed by atoms with Crippen LogP contribution in [0.15, 0.2) is 30.3 Å². The monoisotopic (exact) mass is 298 g/mol. The minimum absolute atomic E-state index is 0.0582. The van der Waals surface area contributed by atoms with Gasteiger partial charge in [0.25, 0.3) is 0 Å². The van der Waals surface area contributed by atoms with Crippen LogP contribution in [0.5, 0.6) is 0 Å². The van der Waals surface area contributed by atoms with Crippen LogP contribution < -0.4 is 5.32 Å². The quantitative estimate of drug-likeness (QED) is 0.918. The highest BCUT2D eigenvalue weighted by molar-refractivity contribution is 5.21. The van der Waals surface area contributed by atoms with E-state index in [0.717, 1.165) is 32.4 Å². The maximum atomic E-state index is 13.4. The topological polar surface area (TPSA) is 15.3 Å². The zero-order valence-electron chi connectivity index (χ0n) is 11.9. The van der Waals surface area contributed by atoms with E-state index >= 15 is 0 Å². The average Bonchev–Trinajstić information content (AvgIpc) is 2.88. The Balaban J connectivity index is 1.76. The van der Waals surface area contributed by atoms with Crippen LogP contribution in [0.3, 0.4) is 0 Å². The first-order valence-electron chi connectivity index (χ1n) is 7.67. The lowest BCUT2D eigenvalue weighted by Crippen LogP contribution is -2.48. The van der Waals surface area contributed by atoms with Gasteiger partial charge in [-0.1, -0.05) is 36.8 Å². The lowest BCUT2D eigenvalue weighted by atomic mass is 9.97. The second kappa shape index (κ2) is 5.97. The van der Waals surface area contributed by atoms with E-state index in [0.29, 0.717) is 5.56 Å². The van der Waals surface area contributed by atoms with Gasteiger partial charge in [0.1, 0.15) is 6.04 Å². The van der Waals surface area contributed by atoms with Crippen molar-refractivity contribution in [1.29, 1.82) is 0 Å². The third-order valence-electron chi connectivity index (χ3n) is 4.70. The SMILES string of the molecule is FC(F)(F)C(NC1CCN2CCCCC12)c1ccccc1. The Labute approximate surface area is 123 Å². The molecule has 0 radical (unpaired) electrons. The third-order valence-corrected chi connectivity index (χ3v) is 4.70. The summed E-state index contributed by atoms with van der Waals surface area (Å²) in [5.74, 6) is 0. The molecule has 2 aliphatic rings. The molecule has 1 N–H and O–H groups in total. The van der Waals surface area contributed by atoms with E-state index in [1.54, 1.807) is 30.3 Å². The number of alkyl halides is 3. The van der Waals surface area contributed by atoms with Gasteiger partial charge in [0, 0.05) is 18.6 Å². The van der Waals surface area contributed by atoms with Gasteiger partial charge in [-0.25, -0.2) is 0 Å². The molecule has 0 saturated carbocycles. The highest BCUT2D eigenvalue weighted by atomic mass is 19.4. The highest BCUT2D eigenvalue weighted by Crippen LogP contribution is 2.36. The van der Waals surface area contributed by atoms with E-state index in [-0.39, 0.29) is 12.1 Å². The number of rotatable bonds is 3. The Hall–Kier alpha value is -1.07. The fourth-order valence-electron chi connectivity index (χ4n) is 3.68. The average molecular weight is 298 g/mol. The smallest absolute Gasteiger partial charge is 0.299 e. The van der Waals surface area contributed by atoms with Crippen molar-refractivity contribution in [2.45, 2.75) is 50.0 Å². The Morgan fingerprint density at radius 3 is 2.52 bits per heavy atom. The number of nitrogens with zero attached hydrogens (tertiary/aromatic N) is 1. The molecule has 116 valence electrons. The van der Waals surface area contributed by atoms with Crippen molar-refractivity contribution in [2.24, 2.45) is 0 Å². The highest BCUT2D eigenvalue weighted by Gasteiger charge is 2.45. The Kier molecular flexibility index (Phi) is 4.22. The summed E-state index contributed by atoms with van der Waals surface area (Å²) >= 11 is 0. The van der Waals surface area contributed by atoms with Gasteiger partial charge >= 0.3 is 6.18 Å². The van der Waals surface area contributed by atoms with Crippen LogP contribution in [0.1, 0.15) is 37.3 Å². The molecule has 0 aromatic heterocycles. The summed E-state index contributed by atoms with van der Waals surface area (Å²) in [4.78, 5) is 2.35. The molecular formula is C16H21F3N2. The first kappa shape index (κ1) is 14.9. The molecule has 1 aromatic rings. The van der Waals surface area contributed by atoms with Crippen LogP contribution in [0.25, 0.3) is 0 Å². The zero-order chi connectivity index (χ0) is 14.9. The molecule has 2 fully saturated rings. The minimum atomic E-state index is -4.26. The van der Waals surface area contributed by atoms with Gasteiger partial charge in [-0.3, -0.25) is 10.2 Å². The third kappa shape index (κ3) is 3.24. The van der Waals surface area contributed by atoms with Crippen molar-refractivity contribution in [3.63, 3.8) is 0 Å². The van der Waals surface area contributed by atoms with Crippen LogP contribution in [0.2, 0.25) is 0 Å². The van der Waals surface area contributed by atoms with Crippen molar-refractivity contribution >= 4 is 0 Å². The second-order valence-corrected chi connectivity index (χ2v) is 6.05. The summed E-state index contributed by atoms with van der Waals surface area (Å²) in [6.07, 6.45) is -0.142. The Morgan fingerprint density at radius 1 is 1.05 bits per heavy atom. The molecule has 1 aromatic carbocycles. The summed E-state index contributed by atoms with van der Waals surface area (Å²) in [5.41, 5.74) is 0.305. The molecule has 5 heteroatoms. The number of halogens is 3. The van der Waals surface area contributed by atoms with E-state index in [2.05, 4.69) is 10.2 Å². The molecule has 2 nitrogen and oxygen atoms in total. The summed E-state index contributed by atoms with van der Waals surface area (Å²) < 4.78 is 40.2. The van der Waals surface area contributed by atoms with Gasteiger partial charge in [0.15, 0.2) is 0 Å². The normalized spacial score (nSPS) is 28.3. The molecule has 21 heavy (non-hydrogen) atoms. The van der Waals surface area contributed by atoms with Crippen LogP contribution in [-0.4, -0.2) is 36.2 Å². The number of piperidine rings is 1. The van der Waals surface area contributed by atoms with Crippen molar-refractivity contribution in [3.8, 4) is 0 Å². The molecule has 0 bridgehead atoms. The van der Waals surface area contributed by atoms with Gasteiger partial charge in [0.2, 0.25) is 0 Å². The lowest BCUT2D eigenvalue weighted by molar-refractivity contribution is -0.160. The van der Waals surface area contributed by atoms with Gasteiger partial charge in [-0.05, 0) is 31.4 Å². The zero-order valence-corrected chi connectivity index (χ0v) is 11.9. The van der Waals surface area contributed by atoms with E-state index in [9.17, 15) is 13.2 Å². The van der Waals surface area contributed by atoms with E-state index in [1.807, 2.05) is 0 Å². The van der Waals surface area contributed by atoms with E-state index < -0.39 is 12.2 Å². The first-order valence-corrected chi connectivity index (χ1v) is 7.67. The summed E-state index contributed by atoms with van der Waals surface area (Å²) in [6.45, 7) is 1.95. The van der Waals surface area contributed by atoms with Crippen LogP contribution >= 0.6 is 0 Å². The van der Waals surface area contributed by atoms with Gasteiger partial charge in [-0.15, -0.1) is 0 Å². The Morgan fingerprint density at radius 2 is 1.81 bits per heavy atom. The molecule has 0 spiro atoms. The minimum Gasteiger partial charge on any atom is -0.299 e. The molecule has 3 rings (SSSR count). The largest absolute Gasteiger partial charge is 0.407 e. The number of benzene rings is 1. The van der Waals surface area contributed by atoms with Crippen molar-refractivity contribution < 1.29 is 13.2 Å². The first-order chi connectivity index (χ1) is 10.1. The second-order valence-electron chi connectivity index (χ2n) is 6.05. The summed E-state index contributed by atoms with van der Waals surface area (Å²) in [5, 5.41) is 2.90. The van der Waals surface area contributed by atoms with Crippen LogP contribution in [0, 0.1) is 0 Å². The predicted molar refractivity (Wildman–Crippen MR) is 76.0 cm³/mol. The molecule has 2 heterocycles. The molecule has 0 amide bonds. The van der Waals surface area contributed by atoms with Gasteiger partial charge < -0.3 is 0 Å². The lowest BCUT2D eigenvalue weighted by Gasteiger charge is -2.35. The molecular weight excluding hydrogens is 277 g/mol. The fraction of sp³-hybridized carbons (Fsp3) is 0.625. The molecule has 0 aliphatic carbocycles. The molecule has 2 saturated heterocycles. The standard InChI is InChI=1S/C16H21F3N2/c17-16(18,19)15(12-6-2-1-3-7-12)20-13-9-11-21-10-5-4-8-14(13)21/h1-3,6-7,13-15,20H,4-5,8-11H2. The number of fused-ring (bicyclic) bond motifs is 1. The van der Waals surface area contributed by atoms with E-state index in [4.69, 9.17) is 0 Å². The van der Waals surface area contributed by atoms with Crippen LogP contribution in [0.4, 0.5) is 13.2 Å². The molecule has 3 unspecified atom stereocenters. The van der Waals surface area contributed by atoms with Crippen LogP contribution in [-0.2, 0) is 0 Å². The number of nitrogens with one attached hydrogen (secondary N) is 1. The summed E-state index contributed by atoms with van der Waals surface area (Å²) in [7, 11) is 0. The van der Waals surface area contributed by atoms with Crippen molar-refractivity contribution in [1.82, 2.24) is 10.2 Å². The summed E-state index contributed by atoms with van der Waals surface area (Å²) in [6, 6.07) is 6.83. The predicted octanol–water partition coefficient (Wildman–Crippen LogP) is 3.51. The molecule has 3 atom stereocenters.